The number of nitrogens with two attached hydrogens (primary N) is 1. The Morgan fingerprint density at radius 3 is 2.94 bits per heavy atom. The molecule has 1 rings (SSSR count). The minimum Gasteiger partial charge on any atom is -0.372 e. The van der Waals surface area contributed by atoms with Gasteiger partial charge in [-0.2, -0.15) is 10.2 Å². The van der Waals surface area contributed by atoms with Gasteiger partial charge in [-0.3, -0.25) is 14.6 Å². The number of hydrogen-bond donors (Lipinski definition) is 4. The molecule has 0 saturated heterocycles. The second kappa shape index (κ2) is 4.79. The van der Waals surface area contributed by atoms with Gasteiger partial charge in [0.15, 0.2) is 0 Å². The van der Waals surface area contributed by atoms with Crippen LogP contribution in [0.15, 0.2) is 4.79 Å². The number of amides is 1. The first-order chi connectivity index (χ1) is 7.60. The van der Waals surface area contributed by atoms with E-state index in [2.05, 4.69) is 20.6 Å². The van der Waals surface area contributed by atoms with E-state index < -0.39 is 11.5 Å². The van der Waals surface area contributed by atoms with E-state index >= 15 is 0 Å². The Hall–Kier alpha value is -2.56. The summed E-state index contributed by atoms with van der Waals surface area (Å²) in [7, 11) is 1.50. The van der Waals surface area contributed by atoms with Crippen LogP contribution >= 0.6 is 0 Å². The SMILES string of the molecule is CNc1nc(N)[nH]c(=O)c1C(=O)NCC#N. The van der Waals surface area contributed by atoms with E-state index in [1.54, 1.807) is 6.07 Å². The second-order valence-electron chi connectivity index (χ2n) is 2.77. The molecule has 0 radical (unpaired) electrons. The first-order valence-corrected chi connectivity index (χ1v) is 4.32. The average Bonchev–Trinajstić information content (AvgIpc) is 2.24. The molecular formula is C8H10N6O2. The average molecular weight is 222 g/mol. The molecule has 16 heavy (non-hydrogen) atoms. The number of carbonyl (C=O) groups excluding carboxylic acids is 1. The largest absolute Gasteiger partial charge is 0.372 e. The van der Waals surface area contributed by atoms with Crippen LogP contribution in [0.3, 0.4) is 0 Å². The van der Waals surface area contributed by atoms with Crippen molar-refractivity contribution < 1.29 is 4.79 Å². The highest BCUT2D eigenvalue weighted by Gasteiger charge is 2.17. The molecule has 8 heteroatoms. The van der Waals surface area contributed by atoms with Crippen molar-refractivity contribution >= 4 is 17.7 Å². The molecule has 0 aromatic carbocycles. The van der Waals surface area contributed by atoms with E-state index in [1.807, 2.05) is 0 Å². The highest BCUT2D eigenvalue weighted by molar-refractivity contribution is 5.98. The number of nitrogen functional groups attached to an aromatic ring is 1. The summed E-state index contributed by atoms with van der Waals surface area (Å²) in [5.74, 6) is -0.706. The van der Waals surface area contributed by atoms with Crippen LogP contribution in [0.2, 0.25) is 0 Å². The van der Waals surface area contributed by atoms with E-state index in [4.69, 9.17) is 11.0 Å². The molecule has 8 nitrogen and oxygen atoms in total. The summed E-state index contributed by atoms with van der Waals surface area (Å²) in [5.41, 5.74) is 4.45. The van der Waals surface area contributed by atoms with Gasteiger partial charge in [0.2, 0.25) is 5.95 Å². The van der Waals surface area contributed by atoms with Crippen molar-refractivity contribution in [3.05, 3.63) is 15.9 Å². The predicted octanol–water partition coefficient (Wildman–Crippen LogP) is -1.35. The van der Waals surface area contributed by atoms with Crippen LogP contribution in [-0.4, -0.2) is 29.5 Å². The van der Waals surface area contributed by atoms with Gasteiger partial charge >= 0.3 is 0 Å². The zero-order chi connectivity index (χ0) is 12.1. The second-order valence-corrected chi connectivity index (χ2v) is 2.77. The van der Waals surface area contributed by atoms with Crippen molar-refractivity contribution in [2.24, 2.45) is 0 Å². The topological polar surface area (TPSA) is 137 Å². The van der Waals surface area contributed by atoms with Gasteiger partial charge in [-0.15, -0.1) is 0 Å². The fourth-order valence-electron chi connectivity index (χ4n) is 1.09. The summed E-state index contributed by atoms with van der Waals surface area (Å²) >= 11 is 0. The van der Waals surface area contributed by atoms with Gasteiger partial charge in [0.1, 0.15) is 17.9 Å². The third-order valence-electron chi connectivity index (χ3n) is 1.73. The van der Waals surface area contributed by atoms with Crippen LogP contribution in [0.5, 0.6) is 0 Å². The molecule has 0 atom stereocenters. The van der Waals surface area contributed by atoms with Crippen LogP contribution < -0.4 is 21.9 Å². The van der Waals surface area contributed by atoms with Crippen molar-refractivity contribution in [3.63, 3.8) is 0 Å². The smallest absolute Gasteiger partial charge is 0.267 e. The standard InChI is InChI=1S/C8H10N6O2/c1-11-5-4(6(15)12-3-2-9)7(16)14-8(10)13-5/h3H2,1H3,(H,12,15)(H4,10,11,13,14,16). The number of nitrogens with zero attached hydrogens (tertiary/aromatic N) is 2. The van der Waals surface area contributed by atoms with Crippen LogP contribution in [0.25, 0.3) is 0 Å². The molecule has 1 heterocycles. The molecule has 0 spiro atoms. The molecule has 0 fully saturated rings. The van der Waals surface area contributed by atoms with Gasteiger partial charge in [-0.25, -0.2) is 0 Å². The van der Waals surface area contributed by atoms with Gasteiger partial charge in [0.05, 0.1) is 6.07 Å². The molecule has 0 unspecified atom stereocenters. The van der Waals surface area contributed by atoms with Gasteiger partial charge < -0.3 is 16.4 Å². The predicted molar refractivity (Wildman–Crippen MR) is 56.8 cm³/mol. The van der Waals surface area contributed by atoms with E-state index in [1.165, 1.54) is 7.05 Å². The minimum absolute atomic E-state index is 0.0664. The van der Waals surface area contributed by atoms with Crippen molar-refractivity contribution in [1.29, 1.82) is 5.26 Å². The van der Waals surface area contributed by atoms with E-state index in [0.717, 1.165) is 0 Å². The zero-order valence-corrected chi connectivity index (χ0v) is 8.50. The molecule has 0 saturated carbocycles. The number of aromatic nitrogens is 2. The Kier molecular flexibility index (Phi) is 3.45. The minimum atomic E-state index is -0.681. The molecule has 0 aliphatic heterocycles. The summed E-state index contributed by atoms with van der Waals surface area (Å²) < 4.78 is 0. The van der Waals surface area contributed by atoms with Crippen molar-refractivity contribution in [3.8, 4) is 6.07 Å². The first kappa shape index (κ1) is 11.5. The van der Waals surface area contributed by atoms with Gasteiger partial charge in [0.25, 0.3) is 11.5 Å². The maximum atomic E-state index is 11.5. The first-order valence-electron chi connectivity index (χ1n) is 4.32. The van der Waals surface area contributed by atoms with Gasteiger partial charge in [0, 0.05) is 7.05 Å². The van der Waals surface area contributed by atoms with Gasteiger partial charge in [-0.1, -0.05) is 0 Å². The van der Waals surface area contributed by atoms with E-state index in [-0.39, 0.29) is 23.9 Å². The number of rotatable bonds is 3. The molecule has 0 bridgehead atoms. The van der Waals surface area contributed by atoms with Crippen LogP contribution in [0.4, 0.5) is 11.8 Å². The normalized spacial score (nSPS) is 9.25. The van der Waals surface area contributed by atoms with E-state index in [9.17, 15) is 9.59 Å². The lowest BCUT2D eigenvalue weighted by molar-refractivity contribution is 0.0957. The summed E-state index contributed by atoms with van der Waals surface area (Å²) in [6.07, 6.45) is 0. The number of H-pyrrole nitrogens is 1. The number of nitrogens with one attached hydrogen (secondary N) is 3. The maximum absolute atomic E-state index is 11.5. The quantitative estimate of drug-likeness (QED) is 0.466. The number of aromatic amines is 1. The Labute approximate surface area is 90.5 Å². The van der Waals surface area contributed by atoms with Crippen molar-refractivity contribution in [2.75, 3.05) is 24.6 Å². The number of carbonyl (C=O) groups is 1. The Balaban J connectivity index is 3.17. The molecule has 1 aromatic rings. The van der Waals surface area contributed by atoms with Crippen LogP contribution in [-0.2, 0) is 0 Å². The lowest BCUT2D eigenvalue weighted by Crippen LogP contribution is -2.32. The third-order valence-corrected chi connectivity index (χ3v) is 1.73. The molecule has 1 amide bonds. The molecule has 0 aliphatic carbocycles. The summed E-state index contributed by atoms with van der Waals surface area (Å²) in [6, 6.07) is 1.73. The fourth-order valence-corrected chi connectivity index (χ4v) is 1.09. The zero-order valence-electron chi connectivity index (χ0n) is 8.50. The van der Waals surface area contributed by atoms with Crippen LogP contribution in [0.1, 0.15) is 10.4 Å². The van der Waals surface area contributed by atoms with E-state index in [0.29, 0.717) is 0 Å². The monoisotopic (exact) mass is 222 g/mol. The third kappa shape index (κ3) is 2.27. The Bertz CT molecular complexity index is 500. The molecule has 5 N–H and O–H groups in total. The molecular weight excluding hydrogens is 212 g/mol. The molecule has 1 aromatic heterocycles. The summed E-state index contributed by atoms with van der Waals surface area (Å²) in [4.78, 5) is 28.9. The highest BCUT2D eigenvalue weighted by atomic mass is 16.2. The lowest BCUT2D eigenvalue weighted by Gasteiger charge is -2.06. The lowest BCUT2D eigenvalue weighted by atomic mass is 10.3. The summed E-state index contributed by atoms with van der Waals surface area (Å²) in [6.45, 7) is -0.189. The number of hydrogen-bond acceptors (Lipinski definition) is 6. The number of nitriles is 1. The summed E-state index contributed by atoms with van der Waals surface area (Å²) in [5, 5.41) is 13.1. The Morgan fingerprint density at radius 2 is 2.38 bits per heavy atom. The van der Waals surface area contributed by atoms with Crippen LogP contribution in [0, 0.1) is 11.3 Å². The highest BCUT2D eigenvalue weighted by Crippen LogP contribution is 2.06. The van der Waals surface area contributed by atoms with Crippen molar-refractivity contribution in [2.45, 2.75) is 0 Å². The fraction of sp³-hybridized carbons (Fsp3) is 0.250. The molecule has 84 valence electrons. The number of anilines is 2. The van der Waals surface area contributed by atoms with Crippen molar-refractivity contribution in [1.82, 2.24) is 15.3 Å². The Morgan fingerprint density at radius 1 is 1.69 bits per heavy atom. The van der Waals surface area contributed by atoms with Gasteiger partial charge in [-0.05, 0) is 0 Å². The maximum Gasteiger partial charge on any atom is 0.267 e. The molecule has 0 aliphatic rings.